The van der Waals surface area contributed by atoms with E-state index < -0.39 is 4.92 Å². The molecule has 0 spiro atoms. The van der Waals surface area contributed by atoms with E-state index in [1.807, 2.05) is 0 Å². The van der Waals surface area contributed by atoms with Gasteiger partial charge in [-0.2, -0.15) is 0 Å². The number of aryl methyl sites for hydroxylation is 1. The third-order valence-electron chi connectivity index (χ3n) is 3.11. The van der Waals surface area contributed by atoms with Gasteiger partial charge in [-0.15, -0.1) is 10.2 Å². The number of benzene rings is 1. The van der Waals surface area contributed by atoms with Crippen molar-refractivity contribution in [1.29, 1.82) is 0 Å². The highest BCUT2D eigenvalue weighted by Crippen LogP contribution is 2.30. The van der Waals surface area contributed by atoms with Gasteiger partial charge in [0.05, 0.1) is 21.3 Å². The lowest BCUT2D eigenvalue weighted by Gasteiger charge is -1.98. The molecule has 2 aromatic heterocycles. The van der Waals surface area contributed by atoms with Crippen LogP contribution in [-0.4, -0.2) is 14.3 Å². The predicted molar refractivity (Wildman–Crippen MR) is 87.2 cm³/mol. The molecule has 0 saturated heterocycles. The Morgan fingerprint density at radius 3 is 2.74 bits per heavy atom. The smallest absolute Gasteiger partial charge is 0.281 e. The van der Waals surface area contributed by atoms with Gasteiger partial charge in [0.25, 0.3) is 5.69 Å². The summed E-state index contributed by atoms with van der Waals surface area (Å²) in [5, 5.41) is 19.6. The van der Waals surface area contributed by atoms with Crippen LogP contribution in [0.1, 0.15) is 5.69 Å². The number of halogens is 2. The van der Waals surface area contributed by atoms with E-state index in [2.05, 4.69) is 15.2 Å². The van der Waals surface area contributed by atoms with Crippen molar-refractivity contribution >= 4 is 46.0 Å². The number of imidazole rings is 1. The van der Waals surface area contributed by atoms with Crippen molar-refractivity contribution in [3.05, 3.63) is 62.4 Å². The first-order valence-corrected chi connectivity index (χ1v) is 7.21. The summed E-state index contributed by atoms with van der Waals surface area (Å²) in [5.41, 5.74) is 1.45. The van der Waals surface area contributed by atoms with Crippen LogP contribution in [0.25, 0.3) is 5.65 Å². The number of nitro benzene ring substituents is 1. The molecule has 0 N–H and O–H groups in total. The third kappa shape index (κ3) is 3.01. The Morgan fingerprint density at radius 2 is 2.00 bits per heavy atom. The van der Waals surface area contributed by atoms with E-state index in [4.69, 9.17) is 23.2 Å². The van der Waals surface area contributed by atoms with Crippen molar-refractivity contribution in [3.8, 4) is 0 Å². The van der Waals surface area contributed by atoms with Gasteiger partial charge in [-0.05, 0) is 31.2 Å². The summed E-state index contributed by atoms with van der Waals surface area (Å²) in [6, 6.07) is 7.71. The van der Waals surface area contributed by atoms with E-state index in [1.54, 1.807) is 35.7 Å². The Morgan fingerprint density at radius 1 is 1.22 bits per heavy atom. The molecule has 1 aromatic carbocycles. The molecule has 116 valence electrons. The summed E-state index contributed by atoms with van der Waals surface area (Å²) >= 11 is 11.7. The maximum absolute atomic E-state index is 10.9. The van der Waals surface area contributed by atoms with E-state index in [0.717, 1.165) is 0 Å². The molecule has 3 rings (SSSR count). The van der Waals surface area contributed by atoms with Crippen LogP contribution in [0.5, 0.6) is 0 Å². The van der Waals surface area contributed by atoms with Crippen molar-refractivity contribution in [1.82, 2.24) is 9.38 Å². The van der Waals surface area contributed by atoms with Crippen LogP contribution in [0.4, 0.5) is 17.2 Å². The molecule has 0 bridgehead atoms. The summed E-state index contributed by atoms with van der Waals surface area (Å²) in [4.78, 5) is 14.7. The number of aromatic nitrogens is 2. The minimum atomic E-state index is -0.569. The maximum Gasteiger partial charge on any atom is 0.290 e. The predicted octanol–water partition coefficient (Wildman–Crippen LogP) is 5.27. The van der Waals surface area contributed by atoms with Crippen LogP contribution >= 0.6 is 23.2 Å². The number of azo groups is 1. The van der Waals surface area contributed by atoms with Crippen molar-refractivity contribution < 1.29 is 4.92 Å². The quantitative estimate of drug-likeness (QED) is 0.366. The fourth-order valence-electron chi connectivity index (χ4n) is 2.05. The summed E-state index contributed by atoms with van der Waals surface area (Å²) in [7, 11) is 0. The summed E-state index contributed by atoms with van der Waals surface area (Å²) < 4.78 is 1.70. The van der Waals surface area contributed by atoms with Gasteiger partial charge in [0.15, 0.2) is 5.82 Å². The number of pyridine rings is 1. The van der Waals surface area contributed by atoms with Gasteiger partial charge < -0.3 is 0 Å². The van der Waals surface area contributed by atoms with Crippen molar-refractivity contribution in [2.45, 2.75) is 6.92 Å². The molecule has 9 heteroatoms. The van der Waals surface area contributed by atoms with E-state index >= 15 is 0 Å². The topological polar surface area (TPSA) is 85.2 Å². The Balaban J connectivity index is 2.04. The molecule has 3 aromatic rings. The molecule has 0 radical (unpaired) electrons. The van der Waals surface area contributed by atoms with E-state index in [0.29, 0.717) is 27.9 Å². The fraction of sp³-hybridized carbons (Fsp3) is 0.0714. The first-order valence-electron chi connectivity index (χ1n) is 6.45. The number of hydrogen-bond acceptors (Lipinski definition) is 5. The molecular weight excluding hydrogens is 341 g/mol. The number of hydrogen-bond donors (Lipinski definition) is 0. The lowest BCUT2D eigenvalue weighted by molar-refractivity contribution is -0.384. The minimum absolute atomic E-state index is 0.0479. The van der Waals surface area contributed by atoms with E-state index in [-0.39, 0.29) is 10.7 Å². The third-order valence-corrected chi connectivity index (χ3v) is 3.65. The summed E-state index contributed by atoms with van der Waals surface area (Å²) in [6.45, 7) is 1.79. The molecule has 0 fully saturated rings. The molecule has 0 atom stereocenters. The normalized spacial score (nSPS) is 11.4. The fourth-order valence-corrected chi connectivity index (χ4v) is 2.40. The first kappa shape index (κ1) is 15.4. The molecule has 0 amide bonds. The zero-order chi connectivity index (χ0) is 16.6. The second kappa shape index (κ2) is 5.94. The van der Waals surface area contributed by atoms with Crippen LogP contribution in [0, 0.1) is 17.0 Å². The highest BCUT2D eigenvalue weighted by molar-refractivity contribution is 6.32. The van der Waals surface area contributed by atoms with Crippen molar-refractivity contribution in [2.75, 3.05) is 0 Å². The second-order valence-electron chi connectivity index (χ2n) is 4.69. The van der Waals surface area contributed by atoms with E-state index in [1.165, 1.54) is 12.1 Å². The maximum atomic E-state index is 10.9. The summed E-state index contributed by atoms with van der Waals surface area (Å²) in [6.07, 6.45) is 1.68. The second-order valence-corrected chi connectivity index (χ2v) is 5.53. The average Bonchev–Trinajstić information content (AvgIpc) is 2.81. The zero-order valence-corrected chi connectivity index (χ0v) is 13.3. The summed E-state index contributed by atoms with van der Waals surface area (Å²) in [5.74, 6) is 0.500. The van der Waals surface area contributed by atoms with Gasteiger partial charge in [0, 0.05) is 12.3 Å². The Bertz CT molecular complexity index is 952. The average molecular weight is 350 g/mol. The van der Waals surface area contributed by atoms with Crippen LogP contribution in [0.15, 0.2) is 46.8 Å². The van der Waals surface area contributed by atoms with Crippen LogP contribution < -0.4 is 0 Å². The van der Waals surface area contributed by atoms with Gasteiger partial charge in [0.2, 0.25) is 0 Å². The Hall–Kier alpha value is -2.51. The number of nitrogens with zero attached hydrogens (tertiary/aromatic N) is 5. The molecule has 0 aliphatic rings. The molecule has 0 aliphatic carbocycles. The molecule has 23 heavy (non-hydrogen) atoms. The van der Waals surface area contributed by atoms with Crippen LogP contribution in [0.3, 0.4) is 0 Å². The molecule has 2 heterocycles. The number of nitro groups is 1. The van der Waals surface area contributed by atoms with Gasteiger partial charge in [-0.25, -0.2) is 4.98 Å². The van der Waals surface area contributed by atoms with Gasteiger partial charge in [0.1, 0.15) is 10.7 Å². The Labute approximate surface area is 140 Å². The molecule has 7 nitrogen and oxygen atoms in total. The van der Waals surface area contributed by atoms with Gasteiger partial charge in [-0.3, -0.25) is 14.5 Å². The molecule has 0 aliphatic heterocycles. The largest absolute Gasteiger partial charge is 0.290 e. The lowest BCUT2D eigenvalue weighted by atomic mass is 10.3. The molecular formula is C14H9Cl2N5O2. The molecule has 0 saturated carbocycles. The molecule has 0 unspecified atom stereocenters. The first-order chi connectivity index (χ1) is 11.0. The lowest BCUT2D eigenvalue weighted by Crippen LogP contribution is -1.88. The van der Waals surface area contributed by atoms with Crippen molar-refractivity contribution in [3.63, 3.8) is 0 Å². The SMILES string of the molecule is Cc1nc2ccc(Cl)cn2c1N=Nc1ccc(Cl)c([N+](=O)[O-])c1. The van der Waals surface area contributed by atoms with Crippen LogP contribution in [-0.2, 0) is 0 Å². The van der Waals surface area contributed by atoms with Crippen molar-refractivity contribution in [2.24, 2.45) is 10.2 Å². The number of fused-ring (bicyclic) bond motifs is 1. The highest BCUT2D eigenvalue weighted by atomic mass is 35.5. The standard InChI is InChI=1S/C14H9Cl2N5O2/c1-8-14(20-7-9(15)2-5-13(20)17-8)19-18-10-3-4-11(16)12(6-10)21(22)23/h2-7H,1H3. The van der Waals surface area contributed by atoms with E-state index in [9.17, 15) is 10.1 Å². The van der Waals surface area contributed by atoms with Gasteiger partial charge in [-0.1, -0.05) is 23.2 Å². The minimum Gasteiger partial charge on any atom is -0.281 e. The Kier molecular flexibility index (Phi) is 3.97. The monoisotopic (exact) mass is 349 g/mol. The van der Waals surface area contributed by atoms with Gasteiger partial charge >= 0.3 is 0 Å². The van der Waals surface area contributed by atoms with Crippen LogP contribution in [0.2, 0.25) is 10.0 Å². The zero-order valence-electron chi connectivity index (χ0n) is 11.8. The highest BCUT2D eigenvalue weighted by Gasteiger charge is 2.13. The number of rotatable bonds is 3.